The second kappa shape index (κ2) is 4.94. The van der Waals surface area contributed by atoms with Crippen molar-refractivity contribution in [2.45, 2.75) is 6.04 Å². The van der Waals surface area contributed by atoms with Crippen molar-refractivity contribution in [1.82, 2.24) is 0 Å². The summed E-state index contributed by atoms with van der Waals surface area (Å²) >= 11 is 3.32. The van der Waals surface area contributed by atoms with Crippen LogP contribution in [0, 0.1) is 11.6 Å². The molecule has 1 unspecified atom stereocenters. The van der Waals surface area contributed by atoms with E-state index >= 15 is 0 Å². The lowest BCUT2D eigenvalue weighted by molar-refractivity contribution is 0.621. The van der Waals surface area contributed by atoms with E-state index in [9.17, 15) is 8.78 Å². The van der Waals surface area contributed by atoms with Crippen LogP contribution >= 0.6 is 15.9 Å². The van der Waals surface area contributed by atoms with E-state index in [-0.39, 0.29) is 11.6 Å². The Bertz CT molecular complexity index is 525. The van der Waals surface area contributed by atoms with Crippen LogP contribution in [0.2, 0.25) is 0 Å². The Labute approximate surface area is 106 Å². The van der Waals surface area contributed by atoms with Gasteiger partial charge in [0.2, 0.25) is 0 Å². The van der Waals surface area contributed by atoms with Crippen molar-refractivity contribution in [1.29, 1.82) is 0 Å². The third kappa shape index (κ3) is 2.70. The monoisotopic (exact) mass is 297 g/mol. The van der Waals surface area contributed by atoms with Gasteiger partial charge in [-0.15, -0.1) is 0 Å². The normalized spacial score (nSPS) is 12.5. The molecule has 0 spiro atoms. The van der Waals surface area contributed by atoms with Gasteiger partial charge in [0.1, 0.15) is 11.6 Å². The van der Waals surface area contributed by atoms with Crippen molar-refractivity contribution in [2.24, 2.45) is 5.73 Å². The van der Waals surface area contributed by atoms with E-state index in [0.29, 0.717) is 5.56 Å². The quantitative estimate of drug-likeness (QED) is 0.897. The number of halogens is 3. The van der Waals surface area contributed by atoms with Crippen LogP contribution in [0.5, 0.6) is 0 Å². The first kappa shape index (κ1) is 12.2. The van der Waals surface area contributed by atoms with Crippen LogP contribution in [0.25, 0.3) is 0 Å². The van der Waals surface area contributed by atoms with Gasteiger partial charge in [0.15, 0.2) is 0 Å². The highest BCUT2D eigenvalue weighted by molar-refractivity contribution is 9.10. The van der Waals surface area contributed by atoms with Gasteiger partial charge in [-0.05, 0) is 41.5 Å². The number of rotatable bonds is 2. The molecule has 2 aromatic carbocycles. The van der Waals surface area contributed by atoms with E-state index in [4.69, 9.17) is 5.73 Å². The fourth-order valence-corrected chi connectivity index (χ4v) is 2.10. The van der Waals surface area contributed by atoms with Crippen molar-refractivity contribution < 1.29 is 8.78 Å². The maximum absolute atomic E-state index is 13.2. The summed E-state index contributed by atoms with van der Waals surface area (Å²) in [5.74, 6) is -0.667. The van der Waals surface area contributed by atoms with Crippen molar-refractivity contribution >= 4 is 15.9 Å². The Hall–Kier alpha value is -1.26. The molecule has 0 amide bonds. The van der Waals surface area contributed by atoms with Crippen LogP contribution in [0.1, 0.15) is 17.2 Å². The molecule has 2 N–H and O–H groups in total. The molecule has 0 heterocycles. The highest BCUT2D eigenvalue weighted by Gasteiger charge is 2.13. The summed E-state index contributed by atoms with van der Waals surface area (Å²) in [6.07, 6.45) is 0. The van der Waals surface area contributed by atoms with Gasteiger partial charge in [-0.2, -0.15) is 0 Å². The molecule has 0 aliphatic carbocycles. The van der Waals surface area contributed by atoms with E-state index in [1.807, 2.05) is 0 Å². The molecule has 88 valence electrons. The van der Waals surface area contributed by atoms with Crippen molar-refractivity contribution in [3.05, 3.63) is 69.7 Å². The summed E-state index contributed by atoms with van der Waals surface area (Å²) in [4.78, 5) is 0. The molecule has 4 heteroatoms. The van der Waals surface area contributed by atoms with Crippen LogP contribution < -0.4 is 5.73 Å². The number of hydrogen-bond donors (Lipinski definition) is 1. The summed E-state index contributed by atoms with van der Waals surface area (Å²) in [6, 6.07) is 9.71. The summed E-state index contributed by atoms with van der Waals surface area (Å²) in [6.45, 7) is 0. The largest absolute Gasteiger partial charge is 0.320 e. The fraction of sp³-hybridized carbons (Fsp3) is 0.0769. The van der Waals surface area contributed by atoms with Crippen LogP contribution in [-0.2, 0) is 0 Å². The Morgan fingerprint density at radius 1 is 0.941 bits per heavy atom. The number of nitrogens with two attached hydrogens (primary N) is 1. The molecular weight excluding hydrogens is 288 g/mol. The Balaban J connectivity index is 2.39. The maximum atomic E-state index is 13.2. The molecule has 0 radical (unpaired) electrons. The van der Waals surface area contributed by atoms with E-state index < -0.39 is 6.04 Å². The van der Waals surface area contributed by atoms with E-state index in [0.717, 1.165) is 10.0 Å². The van der Waals surface area contributed by atoms with E-state index in [1.54, 1.807) is 18.2 Å². The van der Waals surface area contributed by atoms with Gasteiger partial charge in [-0.25, -0.2) is 8.78 Å². The number of hydrogen-bond acceptors (Lipinski definition) is 1. The van der Waals surface area contributed by atoms with Crippen molar-refractivity contribution in [2.75, 3.05) is 0 Å². The maximum Gasteiger partial charge on any atom is 0.123 e. The zero-order valence-corrected chi connectivity index (χ0v) is 10.4. The molecule has 0 saturated carbocycles. The molecule has 0 bridgehead atoms. The lowest BCUT2D eigenvalue weighted by Crippen LogP contribution is -2.12. The van der Waals surface area contributed by atoms with Crippen molar-refractivity contribution in [3.8, 4) is 0 Å². The molecule has 2 aromatic rings. The SMILES string of the molecule is NC(c1ccc(F)cc1)c1cc(F)ccc1Br. The third-order valence-electron chi connectivity index (χ3n) is 2.52. The molecule has 0 aliphatic rings. The molecule has 0 fully saturated rings. The molecular formula is C13H10BrF2N. The predicted molar refractivity (Wildman–Crippen MR) is 66.5 cm³/mol. The summed E-state index contributed by atoms with van der Waals surface area (Å²) in [5, 5.41) is 0. The summed E-state index contributed by atoms with van der Waals surface area (Å²) in [5.41, 5.74) is 7.39. The van der Waals surface area contributed by atoms with Gasteiger partial charge >= 0.3 is 0 Å². The van der Waals surface area contributed by atoms with Crippen LogP contribution in [0.4, 0.5) is 8.78 Å². The molecule has 17 heavy (non-hydrogen) atoms. The summed E-state index contributed by atoms with van der Waals surface area (Å²) in [7, 11) is 0. The fourth-order valence-electron chi connectivity index (χ4n) is 1.60. The first-order chi connectivity index (χ1) is 8.08. The molecule has 0 saturated heterocycles. The average molecular weight is 298 g/mol. The first-order valence-electron chi connectivity index (χ1n) is 5.04. The minimum absolute atomic E-state index is 0.320. The van der Waals surface area contributed by atoms with E-state index in [1.165, 1.54) is 24.3 Å². The second-order valence-corrected chi connectivity index (χ2v) is 4.55. The van der Waals surface area contributed by atoms with Crippen molar-refractivity contribution in [3.63, 3.8) is 0 Å². The Kier molecular flexibility index (Phi) is 3.54. The molecule has 1 nitrogen and oxygen atoms in total. The molecule has 0 aliphatic heterocycles. The predicted octanol–water partition coefficient (Wildman–Crippen LogP) is 3.78. The molecule has 0 aromatic heterocycles. The highest BCUT2D eigenvalue weighted by atomic mass is 79.9. The van der Waals surface area contributed by atoms with Crippen LogP contribution in [0.15, 0.2) is 46.9 Å². The smallest absolute Gasteiger partial charge is 0.123 e. The Morgan fingerprint density at radius 2 is 1.53 bits per heavy atom. The zero-order valence-electron chi connectivity index (χ0n) is 8.83. The lowest BCUT2D eigenvalue weighted by Gasteiger charge is -2.14. The van der Waals surface area contributed by atoms with Gasteiger partial charge in [-0.3, -0.25) is 0 Å². The standard InChI is InChI=1S/C13H10BrF2N/c14-12-6-5-10(16)7-11(12)13(17)8-1-3-9(15)4-2-8/h1-7,13H,17H2. The van der Waals surface area contributed by atoms with Gasteiger partial charge in [-0.1, -0.05) is 28.1 Å². The minimum atomic E-state index is -0.485. The highest BCUT2D eigenvalue weighted by Crippen LogP contribution is 2.27. The molecule has 1 atom stereocenters. The Morgan fingerprint density at radius 3 is 2.18 bits per heavy atom. The van der Waals surface area contributed by atoms with E-state index in [2.05, 4.69) is 15.9 Å². The topological polar surface area (TPSA) is 26.0 Å². The third-order valence-corrected chi connectivity index (χ3v) is 3.24. The second-order valence-electron chi connectivity index (χ2n) is 3.70. The lowest BCUT2D eigenvalue weighted by atomic mass is 9.99. The van der Waals surface area contributed by atoms with Gasteiger partial charge in [0, 0.05) is 4.47 Å². The average Bonchev–Trinajstić information content (AvgIpc) is 2.32. The van der Waals surface area contributed by atoms with Crippen LogP contribution in [-0.4, -0.2) is 0 Å². The summed E-state index contributed by atoms with van der Waals surface area (Å²) < 4.78 is 26.7. The zero-order chi connectivity index (χ0) is 12.4. The van der Waals surface area contributed by atoms with Gasteiger partial charge in [0.25, 0.3) is 0 Å². The van der Waals surface area contributed by atoms with Gasteiger partial charge < -0.3 is 5.73 Å². The molecule has 2 rings (SSSR count). The van der Waals surface area contributed by atoms with Gasteiger partial charge in [0.05, 0.1) is 6.04 Å². The number of benzene rings is 2. The first-order valence-corrected chi connectivity index (χ1v) is 5.83. The van der Waals surface area contributed by atoms with Crippen LogP contribution in [0.3, 0.4) is 0 Å². The minimum Gasteiger partial charge on any atom is -0.320 e.